The maximum absolute atomic E-state index is 12.5. The molecule has 1 aromatic carbocycles. The first-order chi connectivity index (χ1) is 9.66. The van der Waals surface area contributed by atoms with Crippen LogP contribution in [-0.4, -0.2) is 42.3 Å². The number of carbonyl (C=O) groups is 2. The molecular formula is C14H15NO5. The first-order valence-corrected chi connectivity index (χ1v) is 6.58. The van der Waals surface area contributed by atoms with E-state index in [0.29, 0.717) is 24.5 Å². The van der Waals surface area contributed by atoms with Crippen LogP contribution in [0.2, 0.25) is 0 Å². The van der Waals surface area contributed by atoms with Gasteiger partial charge in [-0.15, -0.1) is 0 Å². The molecule has 6 heteroatoms. The van der Waals surface area contributed by atoms with E-state index in [1.165, 1.54) is 4.90 Å². The normalized spacial score (nSPS) is 24.9. The number of benzene rings is 1. The van der Waals surface area contributed by atoms with Crippen LogP contribution in [0.15, 0.2) is 24.3 Å². The molecule has 0 spiro atoms. The Labute approximate surface area is 115 Å². The van der Waals surface area contributed by atoms with Gasteiger partial charge in [0.2, 0.25) is 6.10 Å². The molecule has 0 radical (unpaired) electrons. The third-order valence-corrected chi connectivity index (χ3v) is 3.52. The number of carboxylic acids is 1. The van der Waals surface area contributed by atoms with E-state index in [9.17, 15) is 9.59 Å². The van der Waals surface area contributed by atoms with Crippen LogP contribution in [0.1, 0.15) is 12.8 Å². The minimum atomic E-state index is -1.08. The number of para-hydroxylation sites is 2. The molecule has 2 aliphatic rings. The van der Waals surface area contributed by atoms with Crippen molar-refractivity contribution in [3.8, 4) is 5.75 Å². The van der Waals surface area contributed by atoms with E-state index < -0.39 is 18.2 Å². The highest BCUT2D eigenvalue weighted by molar-refractivity contribution is 5.99. The van der Waals surface area contributed by atoms with Gasteiger partial charge in [-0.25, -0.2) is 4.79 Å². The Morgan fingerprint density at radius 1 is 1.25 bits per heavy atom. The molecule has 0 bridgehead atoms. The van der Waals surface area contributed by atoms with Crippen LogP contribution in [0.4, 0.5) is 5.69 Å². The number of nitrogens with zero attached hydrogens (tertiary/aromatic N) is 1. The van der Waals surface area contributed by atoms with Gasteiger partial charge >= 0.3 is 5.97 Å². The van der Waals surface area contributed by atoms with Crippen LogP contribution >= 0.6 is 0 Å². The second kappa shape index (κ2) is 5.13. The summed E-state index contributed by atoms with van der Waals surface area (Å²) in [6.07, 6.45) is 0.00626. The quantitative estimate of drug-likeness (QED) is 0.874. The third-order valence-electron chi connectivity index (χ3n) is 3.52. The maximum Gasteiger partial charge on any atom is 0.346 e. The summed E-state index contributed by atoms with van der Waals surface area (Å²) in [6, 6.07) is 6.96. The number of carboxylic acid groups (broad SMARTS) is 1. The van der Waals surface area contributed by atoms with Crippen LogP contribution < -0.4 is 9.64 Å². The summed E-state index contributed by atoms with van der Waals surface area (Å²) in [5, 5.41) is 9.13. The summed E-state index contributed by atoms with van der Waals surface area (Å²) in [7, 11) is 0. The number of amides is 1. The molecule has 1 amide bonds. The SMILES string of the molecule is O=C(O)C1CN(C(=O)[C@@H]2CCCO2)c2ccccc2O1. The molecule has 2 heterocycles. The summed E-state index contributed by atoms with van der Waals surface area (Å²) >= 11 is 0. The van der Waals surface area contributed by atoms with E-state index in [1.54, 1.807) is 24.3 Å². The van der Waals surface area contributed by atoms with E-state index in [-0.39, 0.29) is 12.5 Å². The Hall–Kier alpha value is -2.08. The molecule has 1 unspecified atom stereocenters. The van der Waals surface area contributed by atoms with E-state index >= 15 is 0 Å². The molecule has 0 aliphatic carbocycles. The molecular weight excluding hydrogens is 262 g/mol. The largest absolute Gasteiger partial charge is 0.478 e. The molecule has 3 rings (SSSR count). The number of ether oxygens (including phenoxy) is 2. The number of rotatable bonds is 2. The first kappa shape index (κ1) is 12.9. The fourth-order valence-electron chi connectivity index (χ4n) is 2.52. The first-order valence-electron chi connectivity index (χ1n) is 6.58. The van der Waals surface area contributed by atoms with Gasteiger partial charge in [0, 0.05) is 6.61 Å². The van der Waals surface area contributed by atoms with Gasteiger partial charge in [-0.2, -0.15) is 0 Å². The molecule has 6 nitrogen and oxygen atoms in total. The van der Waals surface area contributed by atoms with Crippen molar-refractivity contribution in [1.82, 2.24) is 0 Å². The maximum atomic E-state index is 12.5. The molecule has 1 saturated heterocycles. The van der Waals surface area contributed by atoms with E-state index in [4.69, 9.17) is 14.6 Å². The van der Waals surface area contributed by atoms with Crippen LogP contribution in [-0.2, 0) is 14.3 Å². The van der Waals surface area contributed by atoms with Gasteiger partial charge in [0.15, 0.2) is 0 Å². The molecule has 2 atom stereocenters. The molecule has 106 valence electrons. The second-order valence-electron chi connectivity index (χ2n) is 4.86. The lowest BCUT2D eigenvalue weighted by Gasteiger charge is -2.34. The van der Waals surface area contributed by atoms with Crippen LogP contribution in [0, 0.1) is 0 Å². The fraction of sp³-hybridized carbons (Fsp3) is 0.429. The molecule has 20 heavy (non-hydrogen) atoms. The number of hydrogen-bond donors (Lipinski definition) is 1. The summed E-state index contributed by atoms with van der Waals surface area (Å²) in [5.74, 6) is -0.855. The Bertz CT molecular complexity index is 538. The van der Waals surface area contributed by atoms with Gasteiger partial charge in [-0.05, 0) is 25.0 Å². The zero-order chi connectivity index (χ0) is 14.1. The molecule has 0 saturated carbocycles. The summed E-state index contributed by atoms with van der Waals surface area (Å²) in [6.45, 7) is 0.579. The number of fused-ring (bicyclic) bond motifs is 1. The predicted molar refractivity (Wildman–Crippen MR) is 69.8 cm³/mol. The van der Waals surface area contributed by atoms with Gasteiger partial charge in [-0.3, -0.25) is 4.79 Å². The van der Waals surface area contributed by atoms with Gasteiger partial charge in [0.05, 0.1) is 12.2 Å². The molecule has 1 fully saturated rings. The third kappa shape index (κ3) is 2.22. The highest BCUT2D eigenvalue weighted by atomic mass is 16.5. The van der Waals surface area contributed by atoms with Crippen molar-refractivity contribution in [2.75, 3.05) is 18.1 Å². The average molecular weight is 277 g/mol. The Balaban J connectivity index is 1.91. The number of aliphatic carboxylic acids is 1. The lowest BCUT2D eigenvalue weighted by Crippen LogP contribution is -2.50. The van der Waals surface area contributed by atoms with Gasteiger partial charge in [0.25, 0.3) is 5.91 Å². The van der Waals surface area contributed by atoms with Crippen molar-refractivity contribution in [3.05, 3.63) is 24.3 Å². The Morgan fingerprint density at radius 2 is 2.05 bits per heavy atom. The summed E-state index contributed by atoms with van der Waals surface area (Å²) in [5.41, 5.74) is 0.602. The fourth-order valence-corrected chi connectivity index (χ4v) is 2.52. The van der Waals surface area contributed by atoms with Crippen molar-refractivity contribution < 1.29 is 24.2 Å². The highest BCUT2D eigenvalue weighted by Gasteiger charge is 2.37. The lowest BCUT2D eigenvalue weighted by atomic mass is 10.1. The molecule has 1 N–H and O–H groups in total. The van der Waals surface area contributed by atoms with Crippen molar-refractivity contribution in [1.29, 1.82) is 0 Å². The Kier molecular flexibility index (Phi) is 3.31. The van der Waals surface area contributed by atoms with E-state index in [2.05, 4.69) is 0 Å². The van der Waals surface area contributed by atoms with Crippen molar-refractivity contribution >= 4 is 17.6 Å². The standard InChI is InChI=1S/C14H15NO5/c16-13(11-6-3-7-19-11)15-8-12(14(17)18)20-10-5-2-1-4-9(10)15/h1-2,4-5,11-12H,3,6-8H2,(H,17,18)/t11-,12?/m0/s1. The number of hydrogen-bond acceptors (Lipinski definition) is 4. The second-order valence-corrected chi connectivity index (χ2v) is 4.86. The summed E-state index contributed by atoms with van der Waals surface area (Å²) < 4.78 is 10.8. The highest BCUT2D eigenvalue weighted by Crippen LogP contribution is 2.34. The van der Waals surface area contributed by atoms with E-state index in [1.807, 2.05) is 0 Å². The van der Waals surface area contributed by atoms with Gasteiger partial charge in [0.1, 0.15) is 11.9 Å². The van der Waals surface area contributed by atoms with Gasteiger partial charge < -0.3 is 19.5 Å². The zero-order valence-electron chi connectivity index (χ0n) is 10.8. The van der Waals surface area contributed by atoms with Crippen LogP contribution in [0.3, 0.4) is 0 Å². The molecule has 0 aromatic heterocycles. The van der Waals surface area contributed by atoms with Crippen LogP contribution in [0.25, 0.3) is 0 Å². The smallest absolute Gasteiger partial charge is 0.346 e. The molecule has 2 aliphatic heterocycles. The monoisotopic (exact) mass is 277 g/mol. The predicted octanol–water partition coefficient (Wildman–Crippen LogP) is 1.04. The minimum Gasteiger partial charge on any atom is -0.478 e. The van der Waals surface area contributed by atoms with Crippen molar-refractivity contribution in [3.63, 3.8) is 0 Å². The number of carbonyl (C=O) groups excluding carboxylic acids is 1. The number of anilines is 1. The van der Waals surface area contributed by atoms with Crippen molar-refractivity contribution in [2.45, 2.75) is 25.0 Å². The zero-order valence-corrected chi connectivity index (χ0v) is 10.8. The average Bonchev–Trinajstić information content (AvgIpc) is 2.99. The topological polar surface area (TPSA) is 76.1 Å². The van der Waals surface area contributed by atoms with Gasteiger partial charge in [-0.1, -0.05) is 12.1 Å². The minimum absolute atomic E-state index is 0.00500. The van der Waals surface area contributed by atoms with Crippen molar-refractivity contribution in [2.24, 2.45) is 0 Å². The Morgan fingerprint density at radius 3 is 2.75 bits per heavy atom. The molecule has 1 aromatic rings. The lowest BCUT2D eigenvalue weighted by molar-refractivity contribution is -0.145. The van der Waals surface area contributed by atoms with E-state index in [0.717, 1.165) is 6.42 Å². The summed E-state index contributed by atoms with van der Waals surface area (Å²) in [4.78, 5) is 25.1. The van der Waals surface area contributed by atoms with Crippen LogP contribution in [0.5, 0.6) is 5.75 Å².